The van der Waals surface area contributed by atoms with Crippen LogP contribution in [0.4, 0.5) is 0 Å². The highest BCUT2D eigenvalue weighted by molar-refractivity contribution is 5.72. The highest BCUT2D eigenvalue weighted by Crippen LogP contribution is 2.17. The maximum absolute atomic E-state index is 12.9. The number of hydrogen-bond acceptors (Lipinski definition) is 6. The topological polar surface area (TPSA) is 78.9 Å². The van der Waals surface area contributed by atoms with Crippen LogP contribution in [0.15, 0.2) is 109 Å². The Morgan fingerprint density at radius 1 is 0.265 bits per heavy atom. The molecule has 0 bridgehead atoms. The lowest BCUT2D eigenvalue weighted by molar-refractivity contribution is -0.166. The van der Waals surface area contributed by atoms with Gasteiger partial charge in [-0.25, -0.2) is 0 Å². The van der Waals surface area contributed by atoms with Crippen molar-refractivity contribution in [2.75, 3.05) is 13.2 Å². The molecule has 0 fully saturated rings. The summed E-state index contributed by atoms with van der Waals surface area (Å²) in [7, 11) is 0. The smallest absolute Gasteiger partial charge is 0.309 e. The van der Waals surface area contributed by atoms with Gasteiger partial charge in [-0.3, -0.25) is 14.4 Å². The van der Waals surface area contributed by atoms with Gasteiger partial charge in [0, 0.05) is 12.8 Å². The van der Waals surface area contributed by atoms with E-state index in [1.54, 1.807) is 6.08 Å². The minimum atomic E-state index is -0.821. The van der Waals surface area contributed by atoms with Crippen molar-refractivity contribution in [2.24, 2.45) is 0 Å². The van der Waals surface area contributed by atoms with E-state index in [-0.39, 0.29) is 31.6 Å². The van der Waals surface area contributed by atoms with E-state index in [2.05, 4.69) is 118 Å². The molecule has 0 saturated heterocycles. The molecular weight excluding hydrogens is 1020 g/mol. The second-order valence-electron chi connectivity index (χ2n) is 23.4. The molecule has 476 valence electrons. The predicted octanol–water partition coefficient (Wildman–Crippen LogP) is 24.6. The minimum Gasteiger partial charge on any atom is -0.462 e. The summed E-state index contributed by atoms with van der Waals surface area (Å²) in [5.41, 5.74) is 0. The summed E-state index contributed by atoms with van der Waals surface area (Å²) in [5.74, 6) is -1.03. The molecule has 0 radical (unpaired) electrons. The first-order chi connectivity index (χ1) is 41.0. The molecule has 0 saturated carbocycles. The number of hydrogen-bond donors (Lipinski definition) is 0. The van der Waals surface area contributed by atoms with Crippen molar-refractivity contribution < 1.29 is 28.6 Å². The van der Waals surface area contributed by atoms with Gasteiger partial charge in [0.1, 0.15) is 13.2 Å². The lowest BCUT2D eigenvalue weighted by atomic mass is 10.0. The largest absolute Gasteiger partial charge is 0.462 e. The van der Waals surface area contributed by atoms with Crippen molar-refractivity contribution in [3.63, 3.8) is 0 Å². The maximum Gasteiger partial charge on any atom is 0.309 e. The average molecular weight is 1150 g/mol. The molecule has 83 heavy (non-hydrogen) atoms. The molecule has 0 rings (SSSR count). The summed E-state index contributed by atoms with van der Waals surface area (Å²) < 4.78 is 16.9. The number of carbonyl (C=O) groups excluding carboxylic acids is 3. The van der Waals surface area contributed by atoms with Crippen LogP contribution in [0.5, 0.6) is 0 Å². The monoisotopic (exact) mass is 1150 g/mol. The van der Waals surface area contributed by atoms with Crippen molar-refractivity contribution >= 4 is 17.9 Å². The fourth-order valence-corrected chi connectivity index (χ4v) is 9.99. The maximum atomic E-state index is 12.9. The molecule has 0 aliphatic carbocycles. The fraction of sp³-hybridized carbons (Fsp3) is 0.727. The molecule has 0 aliphatic heterocycles. The van der Waals surface area contributed by atoms with Gasteiger partial charge in [-0.2, -0.15) is 0 Å². The van der Waals surface area contributed by atoms with Crippen molar-refractivity contribution in [1.29, 1.82) is 0 Å². The number of carbonyl (C=O) groups is 3. The quantitative estimate of drug-likeness (QED) is 0.0261. The van der Waals surface area contributed by atoms with E-state index < -0.39 is 12.1 Å². The molecule has 0 heterocycles. The van der Waals surface area contributed by atoms with Crippen LogP contribution in [-0.4, -0.2) is 37.2 Å². The van der Waals surface area contributed by atoms with Gasteiger partial charge in [-0.05, 0) is 109 Å². The third-order valence-electron chi connectivity index (χ3n) is 15.3. The third kappa shape index (κ3) is 68.7. The zero-order chi connectivity index (χ0) is 59.9. The second kappa shape index (κ2) is 70.6. The van der Waals surface area contributed by atoms with Gasteiger partial charge in [-0.15, -0.1) is 0 Å². The number of allylic oxidation sites excluding steroid dienone is 17. The summed E-state index contributed by atoms with van der Waals surface area (Å²) >= 11 is 0. The van der Waals surface area contributed by atoms with E-state index >= 15 is 0 Å². The Morgan fingerprint density at radius 2 is 0.518 bits per heavy atom. The molecule has 1 atom stereocenters. The van der Waals surface area contributed by atoms with Crippen molar-refractivity contribution in [3.8, 4) is 0 Å². The first-order valence-electron chi connectivity index (χ1n) is 35.4. The third-order valence-corrected chi connectivity index (χ3v) is 15.3. The predicted molar refractivity (Wildman–Crippen MR) is 362 cm³/mol. The summed E-state index contributed by atoms with van der Waals surface area (Å²) in [6.07, 6.45) is 97.2. The van der Waals surface area contributed by atoms with Gasteiger partial charge in [0.05, 0.1) is 6.42 Å². The Hall–Kier alpha value is -3.93. The van der Waals surface area contributed by atoms with Crippen molar-refractivity contribution in [1.82, 2.24) is 0 Å². The van der Waals surface area contributed by atoms with Gasteiger partial charge in [0.2, 0.25) is 0 Å². The van der Waals surface area contributed by atoms with E-state index in [0.29, 0.717) is 12.8 Å². The molecule has 1 unspecified atom stereocenters. The lowest BCUT2D eigenvalue weighted by Gasteiger charge is -2.18. The summed E-state index contributed by atoms with van der Waals surface area (Å²) in [5, 5.41) is 0. The van der Waals surface area contributed by atoms with E-state index in [0.717, 1.165) is 83.5 Å². The van der Waals surface area contributed by atoms with Crippen LogP contribution in [0.2, 0.25) is 0 Å². The molecule has 0 aromatic rings. The fourth-order valence-electron chi connectivity index (χ4n) is 9.99. The SMILES string of the molecule is CC/C=C\C/C=C\C/C=C\C/C=C\C/C=C\CC(=O)OCC(COC(=O)CCCCCCCCCCCCCCCCCC/C=C\C/C=C\C/C=C\CCCCCCC)OC(=O)CCCCCCCCCCC/C=C\CCCCCCCC. The van der Waals surface area contributed by atoms with Crippen molar-refractivity contribution in [3.05, 3.63) is 109 Å². The molecule has 0 amide bonds. The summed E-state index contributed by atoms with van der Waals surface area (Å²) in [6, 6.07) is 0. The Morgan fingerprint density at radius 3 is 0.855 bits per heavy atom. The van der Waals surface area contributed by atoms with E-state index in [1.165, 1.54) is 218 Å². The van der Waals surface area contributed by atoms with Crippen LogP contribution >= 0.6 is 0 Å². The van der Waals surface area contributed by atoms with Gasteiger partial charge in [0.25, 0.3) is 0 Å². The van der Waals surface area contributed by atoms with Crippen LogP contribution in [-0.2, 0) is 28.6 Å². The first-order valence-corrected chi connectivity index (χ1v) is 35.4. The van der Waals surface area contributed by atoms with Gasteiger partial charge >= 0.3 is 17.9 Å². The highest BCUT2D eigenvalue weighted by atomic mass is 16.6. The van der Waals surface area contributed by atoms with E-state index in [4.69, 9.17) is 14.2 Å². The Balaban J connectivity index is 4.30. The van der Waals surface area contributed by atoms with Gasteiger partial charge in [0.15, 0.2) is 6.10 Å². The number of ether oxygens (including phenoxy) is 3. The zero-order valence-electron chi connectivity index (χ0n) is 54.7. The van der Waals surface area contributed by atoms with Crippen LogP contribution in [0.25, 0.3) is 0 Å². The highest BCUT2D eigenvalue weighted by Gasteiger charge is 2.19. The van der Waals surface area contributed by atoms with Gasteiger partial charge in [-0.1, -0.05) is 323 Å². The standard InChI is InChI=1S/C77H132O6/c1-4-7-10-13-16-19-22-25-28-30-32-33-34-35-36-37-38-39-40-41-42-43-45-46-49-52-55-58-61-64-67-70-76(79)82-73-74(72-81-75(78)69-66-63-60-57-54-51-48-27-24-21-18-15-12-9-6-3)83-77(80)71-68-65-62-59-56-53-50-47-44-31-29-26-23-20-17-14-11-8-5-2/h9,12,18,21-22,25-27,29-30,32,34-35,48,54,57,63,66,74H,4-8,10-11,13-17,19-20,23-24,28,31,33,36-47,49-53,55-56,58-62,64-65,67-73H2,1-3H3/b12-9-,21-18-,25-22-,29-26-,32-30-,35-34-,48-27-,57-54-,66-63-. The molecule has 6 nitrogen and oxygen atoms in total. The molecule has 0 aromatic carbocycles. The molecular formula is C77H132O6. The minimum absolute atomic E-state index is 0.107. The zero-order valence-corrected chi connectivity index (χ0v) is 54.7. The Labute approximate surface area is 514 Å². The van der Waals surface area contributed by atoms with Gasteiger partial charge < -0.3 is 14.2 Å². The Kier molecular flexibility index (Phi) is 67.2. The van der Waals surface area contributed by atoms with Crippen LogP contribution in [0.3, 0.4) is 0 Å². The van der Waals surface area contributed by atoms with Crippen LogP contribution < -0.4 is 0 Å². The normalized spacial score (nSPS) is 12.8. The Bertz CT molecular complexity index is 1660. The molecule has 0 spiro atoms. The molecule has 0 N–H and O–H groups in total. The van der Waals surface area contributed by atoms with E-state index in [9.17, 15) is 14.4 Å². The summed E-state index contributed by atoms with van der Waals surface area (Å²) in [4.78, 5) is 38.3. The molecule has 0 aliphatic rings. The summed E-state index contributed by atoms with van der Waals surface area (Å²) in [6.45, 7) is 6.46. The van der Waals surface area contributed by atoms with E-state index in [1.807, 2.05) is 6.08 Å². The lowest BCUT2D eigenvalue weighted by Crippen LogP contribution is -2.30. The molecule has 0 aromatic heterocycles. The average Bonchev–Trinajstić information content (AvgIpc) is 3.50. The van der Waals surface area contributed by atoms with Crippen LogP contribution in [0.1, 0.15) is 342 Å². The van der Waals surface area contributed by atoms with Crippen molar-refractivity contribution in [2.45, 2.75) is 348 Å². The second-order valence-corrected chi connectivity index (χ2v) is 23.4. The number of rotatable bonds is 64. The number of unbranched alkanes of at least 4 members (excludes halogenated alkanes) is 36. The molecule has 6 heteroatoms. The number of esters is 3. The van der Waals surface area contributed by atoms with Crippen LogP contribution in [0, 0.1) is 0 Å². The first kappa shape index (κ1) is 79.1.